The molecule has 1 aromatic heterocycles. The molecule has 0 bridgehead atoms. The average molecular weight is 379 g/mol. The summed E-state index contributed by atoms with van der Waals surface area (Å²) in [5, 5.41) is 3.18. The number of alkyl halides is 2. The van der Waals surface area contributed by atoms with E-state index in [9.17, 15) is 22.8 Å². The molecule has 1 saturated carbocycles. The number of hydrogen-bond acceptors (Lipinski definition) is 5. The second-order valence-corrected chi connectivity index (χ2v) is 6.11. The van der Waals surface area contributed by atoms with Crippen LogP contribution in [0.3, 0.4) is 0 Å². The number of carbonyl (C=O) groups is 2. The van der Waals surface area contributed by atoms with Crippen molar-refractivity contribution in [3.63, 3.8) is 0 Å². The van der Waals surface area contributed by atoms with Gasteiger partial charge in [0.05, 0.1) is 11.1 Å². The maximum absolute atomic E-state index is 13.5. The number of anilines is 1. The topological polar surface area (TPSA) is 96.0 Å². The van der Waals surface area contributed by atoms with Crippen LogP contribution in [0, 0.1) is 5.82 Å². The predicted molar refractivity (Wildman–Crippen MR) is 89.2 cm³/mol. The Morgan fingerprint density at radius 1 is 1.11 bits per heavy atom. The average Bonchev–Trinajstić information content (AvgIpc) is 2.62. The van der Waals surface area contributed by atoms with Gasteiger partial charge in [0.15, 0.2) is 0 Å². The Kier molecular flexibility index (Phi) is 5.24. The zero-order valence-corrected chi connectivity index (χ0v) is 14.0. The monoisotopic (exact) mass is 379 g/mol. The highest BCUT2D eigenvalue weighted by atomic mass is 19.3. The van der Waals surface area contributed by atoms with Gasteiger partial charge in [0.2, 0.25) is 5.95 Å². The summed E-state index contributed by atoms with van der Waals surface area (Å²) in [5.41, 5.74) is 3.71. The van der Waals surface area contributed by atoms with E-state index < -0.39 is 23.8 Å². The summed E-state index contributed by atoms with van der Waals surface area (Å²) >= 11 is 0. The van der Waals surface area contributed by atoms with Crippen LogP contribution in [0.15, 0.2) is 36.7 Å². The van der Waals surface area contributed by atoms with E-state index >= 15 is 0 Å². The van der Waals surface area contributed by atoms with Crippen molar-refractivity contribution in [2.24, 2.45) is 0 Å². The van der Waals surface area contributed by atoms with Crippen molar-refractivity contribution in [2.45, 2.75) is 31.2 Å². The third-order valence-corrected chi connectivity index (χ3v) is 4.35. The summed E-state index contributed by atoms with van der Waals surface area (Å²) in [6.07, 6.45) is 1.67. The van der Waals surface area contributed by atoms with Gasteiger partial charge in [0.25, 0.3) is 5.91 Å². The van der Waals surface area contributed by atoms with Crippen molar-refractivity contribution in [1.82, 2.24) is 20.8 Å². The van der Waals surface area contributed by atoms with Crippen molar-refractivity contribution in [2.75, 3.05) is 5.32 Å². The molecule has 0 atom stereocenters. The van der Waals surface area contributed by atoms with Crippen LogP contribution in [0.2, 0.25) is 0 Å². The number of hydrogen-bond donors (Lipinski definition) is 3. The fourth-order valence-electron chi connectivity index (χ4n) is 2.77. The van der Waals surface area contributed by atoms with Gasteiger partial charge in [-0.2, -0.15) is 8.78 Å². The molecule has 27 heavy (non-hydrogen) atoms. The van der Waals surface area contributed by atoms with E-state index in [-0.39, 0.29) is 17.3 Å². The van der Waals surface area contributed by atoms with Crippen molar-refractivity contribution in [3.05, 3.63) is 53.6 Å². The van der Waals surface area contributed by atoms with E-state index in [1.54, 1.807) is 11.5 Å². The zero-order chi connectivity index (χ0) is 19.4. The number of amides is 2. The summed E-state index contributed by atoms with van der Waals surface area (Å²) in [5.74, 6) is -2.55. The minimum absolute atomic E-state index is 0.0245. The minimum Gasteiger partial charge on any atom is -0.345 e. The number of nitrogens with zero attached hydrogens (tertiary/aromatic N) is 2. The second-order valence-electron chi connectivity index (χ2n) is 6.11. The van der Waals surface area contributed by atoms with Crippen molar-refractivity contribution in [3.8, 4) is 0 Å². The number of halogens is 3. The molecule has 0 unspecified atom stereocenters. The van der Waals surface area contributed by atoms with Crippen LogP contribution in [0.25, 0.3) is 0 Å². The number of carbonyl (C=O) groups excluding carboxylic acids is 2. The van der Waals surface area contributed by atoms with Crippen molar-refractivity contribution < 1.29 is 22.8 Å². The summed E-state index contributed by atoms with van der Waals surface area (Å²) in [4.78, 5) is 30.6. The van der Waals surface area contributed by atoms with E-state index in [4.69, 9.17) is 0 Å². The third kappa shape index (κ3) is 4.15. The molecule has 10 heteroatoms. The van der Waals surface area contributed by atoms with E-state index in [1.165, 1.54) is 24.5 Å². The molecule has 3 N–H and O–H groups in total. The zero-order valence-electron chi connectivity index (χ0n) is 14.0. The number of aromatic nitrogens is 2. The Bertz CT molecular complexity index is 841. The summed E-state index contributed by atoms with van der Waals surface area (Å²) in [6.45, 7) is 0. The lowest BCUT2D eigenvalue weighted by molar-refractivity contribution is -0.132. The molecule has 1 heterocycles. The minimum atomic E-state index is -3.24. The van der Waals surface area contributed by atoms with Gasteiger partial charge in [-0.15, -0.1) is 0 Å². The van der Waals surface area contributed by atoms with Gasteiger partial charge < -0.3 is 5.32 Å². The lowest BCUT2D eigenvalue weighted by atomic mass is 9.72. The standard InChI is InChI=1S/C17H16F3N5O2/c18-12-4-1-3-11(7-12)17(5-2-6-17)23-16-21-8-10(9-22-16)14(26)24-25-15(27)13(19)20/h1,3-4,7-9,13H,2,5-6H2,(H,24,26)(H,25,27)(H,21,22,23). The molecule has 0 aliphatic heterocycles. The summed E-state index contributed by atoms with van der Waals surface area (Å²) in [6, 6.07) is 6.28. The number of hydrazine groups is 1. The Morgan fingerprint density at radius 2 is 1.81 bits per heavy atom. The van der Waals surface area contributed by atoms with Gasteiger partial charge in [0.1, 0.15) is 5.82 Å². The molecule has 1 aliphatic carbocycles. The maximum atomic E-state index is 13.5. The van der Waals surface area contributed by atoms with Gasteiger partial charge >= 0.3 is 12.3 Å². The summed E-state index contributed by atoms with van der Waals surface area (Å²) in [7, 11) is 0. The molecule has 1 aromatic carbocycles. The van der Waals surface area contributed by atoms with Crippen molar-refractivity contribution >= 4 is 17.8 Å². The second kappa shape index (κ2) is 7.60. The Hall–Kier alpha value is -3.17. The Morgan fingerprint density at radius 3 is 2.37 bits per heavy atom. The molecule has 0 saturated heterocycles. The lowest BCUT2D eigenvalue weighted by Crippen LogP contribution is -2.44. The number of rotatable bonds is 5. The van der Waals surface area contributed by atoms with Crippen LogP contribution in [0.4, 0.5) is 19.1 Å². The van der Waals surface area contributed by atoms with Crippen LogP contribution in [0.5, 0.6) is 0 Å². The van der Waals surface area contributed by atoms with E-state index in [0.717, 1.165) is 24.8 Å². The third-order valence-electron chi connectivity index (χ3n) is 4.35. The first-order chi connectivity index (χ1) is 12.9. The first-order valence-electron chi connectivity index (χ1n) is 8.14. The van der Waals surface area contributed by atoms with Gasteiger partial charge in [-0.05, 0) is 37.0 Å². The molecule has 0 spiro atoms. The van der Waals surface area contributed by atoms with E-state index in [0.29, 0.717) is 0 Å². The molecule has 1 aliphatic rings. The fraction of sp³-hybridized carbons (Fsp3) is 0.294. The van der Waals surface area contributed by atoms with Gasteiger partial charge in [-0.3, -0.25) is 20.4 Å². The molecule has 142 valence electrons. The van der Waals surface area contributed by atoms with Crippen LogP contribution >= 0.6 is 0 Å². The molecule has 7 nitrogen and oxygen atoms in total. The highest BCUT2D eigenvalue weighted by Gasteiger charge is 2.39. The predicted octanol–water partition coefficient (Wildman–Crippen LogP) is 2.13. The molecular formula is C17H16F3N5O2. The molecular weight excluding hydrogens is 363 g/mol. The summed E-state index contributed by atoms with van der Waals surface area (Å²) < 4.78 is 37.7. The van der Waals surface area contributed by atoms with Crippen LogP contribution in [0.1, 0.15) is 35.2 Å². The quantitative estimate of drug-likeness (QED) is 0.692. The Balaban J connectivity index is 1.66. The van der Waals surface area contributed by atoms with E-state index in [2.05, 4.69) is 15.3 Å². The van der Waals surface area contributed by atoms with Gasteiger partial charge in [-0.25, -0.2) is 14.4 Å². The maximum Gasteiger partial charge on any atom is 0.317 e. The first-order valence-corrected chi connectivity index (χ1v) is 8.14. The highest BCUT2D eigenvalue weighted by Crippen LogP contribution is 2.43. The van der Waals surface area contributed by atoms with Crippen LogP contribution < -0.4 is 16.2 Å². The molecule has 0 radical (unpaired) electrons. The Labute approximate surface area is 152 Å². The van der Waals surface area contributed by atoms with Crippen LogP contribution in [-0.2, 0) is 10.3 Å². The molecule has 3 rings (SSSR count). The van der Waals surface area contributed by atoms with Crippen molar-refractivity contribution in [1.29, 1.82) is 0 Å². The fourth-order valence-corrected chi connectivity index (χ4v) is 2.77. The number of benzene rings is 1. The number of nitrogens with one attached hydrogen (secondary N) is 3. The van der Waals surface area contributed by atoms with Crippen LogP contribution in [-0.4, -0.2) is 28.2 Å². The highest BCUT2D eigenvalue weighted by molar-refractivity contribution is 5.95. The molecule has 2 aromatic rings. The van der Waals surface area contributed by atoms with Gasteiger partial charge in [-0.1, -0.05) is 12.1 Å². The molecule has 1 fully saturated rings. The molecule has 2 amide bonds. The van der Waals surface area contributed by atoms with Gasteiger partial charge in [0, 0.05) is 12.4 Å². The van der Waals surface area contributed by atoms with E-state index in [1.807, 2.05) is 11.5 Å². The largest absolute Gasteiger partial charge is 0.345 e. The first kappa shape index (κ1) is 18.6. The normalized spacial score (nSPS) is 15.0. The smallest absolute Gasteiger partial charge is 0.317 e. The SMILES string of the molecule is O=C(NNC(=O)C(F)F)c1cnc(NC2(c3cccc(F)c3)CCC2)nc1. The lowest BCUT2D eigenvalue weighted by Gasteiger charge is -2.43.